The van der Waals surface area contributed by atoms with E-state index < -0.39 is 12.1 Å². The van der Waals surface area contributed by atoms with Gasteiger partial charge in [0, 0.05) is 40.1 Å². The van der Waals surface area contributed by atoms with Crippen molar-refractivity contribution in [2.75, 3.05) is 26.2 Å². The Balaban J connectivity index is 1.54. The van der Waals surface area contributed by atoms with Crippen LogP contribution in [-0.4, -0.2) is 70.3 Å². The van der Waals surface area contributed by atoms with Gasteiger partial charge in [-0.25, -0.2) is 0 Å². The lowest BCUT2D eigenvalue weighted by Gasteiger charge is -2.61. The molecule has 2 saturated heterocycles. The fourth-order valence-electron chi connectivity index (χ4n) is 7.66. The number of rotatable bonds is 0. The highest BCUT2D eigenvalue weighted by Gasteiger charge is 2.60. The van der Waals surface area contributed by atoms with Gasteiger partial charge in [-0.2, -0.15) is 17.0 Å². The minimum Gasteiger partial charge on any atom is -0.507 e. The highest BCUT2D eigenvalue weighted by atomic mass is 32.2. The molecule has 5 aliphatic rings. The summed E-state index contributed by atoms with van der Waals surface area (Å²) in [6, 6.07) is 3.02. The van der Waals surface area contributed by atoms with Crippen molar-refractivity contribution in [1.82, 2.24) is 9.80 Å². The van der Waals surface area contributed by atoms with E-state index in [0.717, 1.165) is 33.4 Å². The third-order valence-electron chi connectivity index (χ3n) is 9.81. The number of phenols is 2. The van der Waals surface area contributed by atoms with Gasteiger partial charge in [0.15, 0.2) is 11.5 Å². The molecule has 2 N–H and O–H groups in total. The van der Waals surface area contributed by atoms with Crippen LogP contribution in [0.1, 0.15) is 63.2 Å². The van der Waals surface area contributed by atoms with E-state index in [1.165, 1.54) is 0 Å². The zero-order valence-electron chi connectivity index (χ0n) is 23.2. The van der Waals surface area contributed by atoms with E-state index in [1.54, 1.807) is 11.8 Å². The summed E-state index contributed by atoms with van der Waals surface area (Å²) >= 11 is 1.60. The number of aromatic hydroxyl groups is 2. The molecule has 0 aliphatic carbocycles. The molecule has 2 aromatic rings. The molecular formula is C30H33N3O6S. The number of cyclic esters (lactones) is 1. The number of thioether (sulfide) groups is 1. The molecule has 7 atom stereocenters. The molecule has 40 heavy (non-hydrogen) atoms. The third-order valence-corrected chi connectivity index (χ3v) is 11.4. The monoisotopic (exact) mass is 563 g/mol. The van der Waals surface area contributed by atoms with Gasteiger partial charge in [-0.05, 0) is 50.9 Å². The predicted molar refractivity (Wildman–Crippen MR) is 148 cm³/mol. The fourth-order valence-corrected chi connectivity index (χ4v) is 9.19. The molecule has 2 unspecified atom stereocenters. The summed E-state index contributed by atoms with van der Waals surface area (Å²) in [5.74, 6) is 1.37. The van der Waals surface area contributed by atoms with Crippen LogP contribution in [0.25, 0.3) is 0 Å². The molecule has 0 amide bonds. The second-order valence-electron chi connectivity index (χ2n) is 11.8. The lowest BCUT2D eigenvalue weighted by molar-refractivity contribution is -0.153. The molecular weight excluding hydrogens is 530 g/mol. The van der Waals surface area contributed by atoms with Crippen molar-refractivity contribution in [3.8, 4) is 29.1 Å². The smallest absolute Gasteiger partial charge is 0.309 e. The summed E-state index contributed by atoms with van der Waals surface area (Å²) in [4.78, 5) is 17.4. The number of piperazine rings is 1. The number of carbonyl (C=O) groups is 1. The molecule has 10 heteroatoms. The molecule has 5 aliphatic heterocycles. The topological polar surface area (TPSA) is 115 Å². The zero-order valence-corrected chi connectivity index (χ0v) is 24.0. The number of likely N-dealkylation sites (N-methyl/N-ethyl adjacent to an activating group) is 1. The number of fused-ring (bicyclic) bond motifs is 9. The van der Waals surface area contributed by atoms with Crippen molar-refractivity contribution in [2.24, 2.45) is 5.92 Å². The standard InChI is InChI=1S/C30H33N3O6S/c1-12-6-16-7-17-18(8-31)33-19-9-37-30(36)13(2)10-40-29(24(33)23(32(17)5)20(16)25(34)14(12)3)22-21(19)28-27(38-11-39-28)15(4)26(22)35/h6,13,17-19,23-24,29,34-35H,7,9-11H2,1-5H3/t13?,17-,18-,19-,23+,24?,29+/m0/s1. The Labute approximate surface area is 237 Å². The third kappa shape index (κ3) is 3.25. The molecule has 7 rings (SSSR count). The number of aryl methyl sites for hydroxylation is 1. The Morgan fingerprint density at radius 2 is 1.77 bits per heavy atom. The predicted octanol–water partition coefficient (Wildman–Crippen LogP) is 3.95. The minimum atomic E-state index is -0.536. The number of nitriles is 1. The van der Waals surface area contributed by atoms with Gasteiger partial charge in [0.1, 0.15) is 24.1 Å². The van der Waals surface area contributed by atoms with Crippen LogP contribution in [0, 0.1) is 38.0 Å². The number of ether oxygens (including phenoxy) is 3. The Morgan fingerprint density at radius 1 is 1.05 bits per heavy atom. The first kappa shape index (κ1) is 25.8. The van der Waals surface area contributed by atoms with Crippen LogP contribution in [-0.2, 0) is 16.0 Å². The van der Waals surface area contributed by atoms with E-state index in [-0.39, 0.29) is 54.4 Å². The second kappa shape index (κ2) is 8.93. The van der Waals surface area contributed by atoms with Gasteiger partial charge in [-0.15, -0.1) is 0 Å². The van der Waals surface area contributed by atoms with Crippen LogP contribution in [0.2, 0.25) is 0 Å². The van der Waals surface area contributed by atoms with Crippen molar-refractivity contribution in [1.29, 1.82) is 5.26 Å². The second-order valence-corrected chi connectivity index (χ2v) is 13.0. The Morgan fingerprint density at radius 3 is 2.52 bits per heavy atom. The average molecular weight is 564 g/mol. The molecule has 0 saturated carbocycles. The number of benzene rings is 2. The largest absolute Gasteiger partial charge is 0.507 e. The van der Waals surface area contributed by atoms with Crippen molar-refractivity contribution >= 4 is 17.7 Å². The highest BCUT2D eigenvalue weighted by Crippen LogP contribution is 2.63. The minimum absolute atomic E-state index is 0.0233. The summed E-state index contributed by atoms with van der Waals surface area (Å²) in [5, 5.41) is 33.8. The Hall–Kier alpha value is -3.13. The molecule has 0 spiro atoms. The number of carbonyl (C=O) groups excluding carboxylic acids is 1. The average Bonchev–Trinajstić information content (AvgIpc) is 3.42. The number of hydrogen-bond donors (Lipinski definition) is 2. The van der Waals surface area contributed by atoms with E-state index in [2.05, 4.69) is 21.9 Å². The van der Waals surface area contributed by atoms with Crippen molar-refractivity contribution in [3.63, 3.8) is 0 Å². The Bertz CT molecular complexity index is 1500. The van der Waals surface area contributed by atoms with E-state index in [4.69, 9.17) is 14.2 Å². The molecule has 210 valence electrons. The maximum Gasteiger partial charge on any atom is 0.309 e. The molecule has 2 fully saturated rings. The first-order valence-electron chi connectivity index (χ1n) is 13.8. The van der Waals surface area contributed by atoms with Crippen LogP contribution in [0.4, 0.5) is 0 Å². The number of esters is 1. The number of phenolic OH excluding ortho intramolecular Hbond substituents is 2. The summed E-state index contributed by atoms with van der Waals surface area (Å²) in [5.41, 5.74) is 5.93. The fraction of sp³-hybridized carbons (Fsp3) is 0.533. The lowest BCUT2D eigenvalue weighted by Crippen LogP contribution is -2.69. The van der Waals surface area contributed by atoms with Gasteiger partial charge in [0.2, 0.25) is 6.79 Å². The van der Waals surface area contributed by atoms with Gasteiger partial charge in [0.05, 0.1) is 29.3 Å². The SMILES string of the molecule is Cc1cc2c(c(O)c1C)[C@@H]1C3[C@@H]4SCC(C)C(=O)OC[C@@H](c5c6c(c(C)c(O)c54)OCO6)N3[C@@H](C#N)[C@H](C2)N1C. The van der Waals surface area contributed by atoms with Crippen LogP contribution < -0.4 is 9.47 Å². The molecule has 0 aromatic heterocycles. The summed E-state index contributed by atoms with van der Waals surface area (Å²) in [6.45, 7) is 7.70. The lowest BCUT2D eigenvalue weighted by atomic mass is 9.71. The summed E-state index contributed by atoms with van der Waals surface area (Å²) in [7, 11) is 2.04. The first-order chi connectivity index (χ1) is 19.1. The highest BCUT2D eigenvalue weighted by molar-refractivity contribution is 7.99. The van der Waals surface area contributed by atoms with Gasteiger partial charge >= 0.3 is 5.97 Å². The van der Waals surface area contributed by atoms with Crippen molar-refractivity contribution < 1.29 is 29.2 Å². The summed E-state index contributed by atoms with van der Waals surface area (Å²) < 4.78 is 17.7. The maximum absolute atomic E-state index is 12.9. The number of hydrogen-bond acceptors (Lipinski definition) is 10. The normalized spacial score (nSPS) is 32.5. The van der Waals surface area contributed by atoms with Gasteiger partial charge < -0.3 is 24.4 Å². The van der Waals surface area contributed by atoms with Crippen molar-refractivity contribution in [3.05, 3.63) is 45.0 Å². The zero-order chi connectivity index (χ0) is 28.2. The van der Waals surface area contributed by atoms with Gasteiger partial charge in [-0.1, -0.05) is 13.0 Å². The molecule has 2 aromatic carbocycles. The first-order valence-corrected chi connectivity index (χ1v) is 14.8. The maximum atomic E-state index is 12.9. The van der Waals surface area contributed by atoms with Gasteiger partial charge in [0.25, 0.3) is 0 Å². The molecule has 0 radical (unpaired) electrons. The molecule has 4 bridgehead atoms. The summed E-state index contributed by atoms with van der Waals surface area (Å²) in [6.07, 6.45) is 0.615. The van der Waals surface area contributed by atoms with E-state index in [0.29, 0.717) is 35.0 Å². The van der Waals surface area contributed by atoms with E-state index in [9.17, 15) is 20.3 Å². The quantitative estimate of drug-likeness (QED) is 0.457. The van der Waals surface area contributed by atoms with Crippen LogP contribution >= 0.6 is 11.8 Å². The van der Waals surface area contributed by atoms with E-state index >= 15 is 0 Å². The molecule has 9 nitrogen and oxygen atoms in total. The van der Waals surface area contributed by atoms with Crippen LogP contribution in [0.3, 0.4) is 0 Å². The van der Waals surface area contributed by atoms with Gasteiger partial charge in [-0.3, -0.25) is 14.6 Å². The van der Waals surface area contributed by atoms with Crippen LogP contribution in [0.5, 0.6) is 23.0 Å². The van der Waals surface area contributed by atoms with E-state index in [1.807, 2.05) is 34.7 Å². The Kier molecular flexibility index (Phi) is 5.77. The number of nitrogens with zero attached hydrogens (tertiary/aromatic N) is 3. The molecule has 5 heterocycles. The van der Waals surface area contributed by atoms with Crippen molar-refractivity contribution in [2.45, 2.75) is 69.6 Å². The van der Waals surface area contributed by atoms with Crippen LogP contribution in [0.15, 0.2) is 6.07 Å².